The van der Waals surface area contributed by atoms with Crippen molar-refractivity contribution in [1.29, 1.82) is 0 Å². The Morgan fingerprint density at radius 2 is 2.00 bits per heavy atom. The van der Waals surface area contributed by atoms with E-state index in [4.69, 9.17) is 5.73 Å². The van der Waals surface area contributed by atoms with Crippen molar-refractivity contribution in [3.8, 4) is 5.69 Å². The Bertz CT molecular complexity index is 567. The molecule has 2 rings (SSSR count). The summed E-state index contributed by atoms with van der Waals surface area (Å²) in [5.41, 5.74) is 6.23. The number of hydrogen-bond acceptors (Lipinski definition) is 4. The van der Waals surface area contributed by atoms with Crippen molar-refractivity contribution in [3.05, 3.63) is 42.2 Å². The first-order chi connectivity index (χ1) is 9.02. The Hall–Kier alpha value is -1.92. The van der Waals surface area contributed by atoms with E-state index in [-0.39, 0.29) is 24.0 Å². The van der Waals surface area contributed by atoms with Crippen molar-refractivity contribution in [2.75, 3.05) is 6.54 Å². The Morgan fingerprint density at radius 3 is 2.60 bits per heavy atom. The topological polar surface area (TPSA) is 85.8 Å². The molecule has 0 fully saturated rings. The number of carbonyl (C=O) groups is 1. The van der Waals surface area contributed by atoms with Crippen molar-refractivity contribution >= 4 is 18.3 Å². The highest BCUT2D eigenvalue weighted by Gasteiger charge is 2.21. The van der Waals surface area contributed by atoms with Gasteiger partial charge in [0.05, 0.1) is 11.9 Å². The van der Waals surface area contributed by atoms with E-state index < -0.39 is 5.54 Å². The fraction of sp³-hybridized carbons (Fsp3) is 0.308. The zero-order valence-electron chi connectivity index (χ0n) is 11.4. The first kappa shape index (κ1) is 16.1. The number of carbonyl (C=O) groups excluding carboxylic acids is 1. The third-order valence-corrected chi connectivity index (χ3v) is 2.71. The highest BCUT2D eigenvalue weighted by atomic mass is 35.5. The van der Waals surface area contributed by atoms with Gasteiger partial charge in [0.25, 0.3) is 5.91 Å². The fourth-order valence-corrected chi connectivity index (χ4v) is 1.50. The van der Waals surface area contributed by atoms with Gasteiger partial charge in [-0.3, -0.25) is 4.79 Å². The number of amides is 1. The summed E-state index contributed by atoms with van der Waals surface area (Å²) in [6, 6.07) is 9.49. The summed E-state index contributed by atoms with van der Waals surface area (Å²) in [5, 5.41) is 10.6. The molecule has 0 aliphatic carbocycles. The van der Waals surface area contributed by atoms with E-state index in [0.29, 0.717) is 6.54 Å². The number of halogens is 1. The molecular formula is C13H18ClN5O. The minimum Gasteiger partial charge on any atom is -0.344 e. The van der Waals surface area contributed by atoms with E-state index in [1.54, 1.807) is 10.9 Å². The Kier molecular flexibility index (Phi) is 5.24. The zero-order valence-corrected chi connectivity index (χ0v) is 12.2. The molecule has 0 bridgehead atoms. The van der Waals surface area contributed by atoms with Crippen LogP contribution in [-0.2, 0) is 0 Å². The standard InChI is InChI=1S/C13H17N5O.ClH/c1-13(2,9-14)15-12(19)11-8-18(17-16-11)10-6-4-3-5-7-10;/h3-8H,9,14H2,1-2H3,(H,15,19);1H. The van der Waals surface area contributed by atoms with Crippen LogP contribution in [0, 0.1) is 0 Å². The number of para-hydroxylation sites is 1. The molecule has 0 radical (unpaired) electrons. The van der Waals surface area contributed by atoms with Gasteiger partial charge >= 0.3 is 0 Å². The van der Waals surface area contributed by atoms with E-state index in [2.05, 4.69) is 15.6 Å². The molecule has 6 nitrogen and oxygen atoms in total. The van der Waals surface area contributed by atoms with E-state index >= 15 is 0 Å². The Labute approximate surface area is 123 Å². The van der Waals surface area contributed by atoms with Crippen molar-refractivity contribution in [1.82, 2.24) is 20.3 Å². The number of benzene rings is 1. The van der Waals surface area contributed by atoms with Crippen LogP contribution < -0.4 is 11.1 Å². The van der Waals surface area contributed by atoms with Crippen molar-refractivity contribution in [2.45, 2.75) is 19.4 Å². The molecule has 2 aromatic rings. The van der Waals surface area contributed by atoms with Gasteiger partial charge in [-0.05, 0) is 26.0 Å². The average Bonchev–Trinajstić information content (AvgIpc) is 2.89. The normalized spacial score (nSPS) is 10.8. The van der Waals surface area contributed by atoms with Crippen LogP contribution in [0.4, 0.5) is 0 Å². The number of rotatable bonds is 4. The third kappa shape index (κ3) is 3.79. The maximum Gasteiger partial charge on any atom is 0.273 e. The van der Waals surface area contributed by atoms with Gasteiger partial charge in [-0.1, -0.05) is 23.4 Å². The van der Waals surface area contributed by atoms with Crippen LogP contribution >= 0.6 is 12.4 Å². The van der Waals surface area contributed by atoms with E-state index in [1.807, 2.05) is 44.2 Å². The summed E-state index contributed by atoms with van der Waals surface area (Å²) < 4.78 is 1.56. The van der Waals surface area contributed by atoms with Crippen LogP contribution in [0.15, 0.2) is 36.5 Å². The molecule has 1 aromatic carbocycles. The molecule has 0 saturated carbocycles. The number of nitrogens with one attached hydrogen (secondary N) is 1. The molecule has 0 aliphatic heterocycles. The van der Waals surface area contributed by atoms with Gasteiger partial charge in [-0.15, -0.1) is 17.5 Å². The number of hydrogen-bond donors (Lipinski definition) is 2. The van der Waals surface area contributed by atoms with E-state index in [1.165, 1.54) is 0 Å². The molecule has 0 unspecified atom stereocenters. The lowest BCUT2D eigenvalue weighted by Gasteiger charge is -2.23. The molecule has 0 aliphatic rings. The van der Waals surface area contributed by atoms with Gasteiger partial charge in [0.2, 0.25) is 0 Å². The SMILES string of the molecule is CC(C)(CN)NC(=O)c1cn(-c2ccccc2)nn1.Cl. The van der Waals surface area contributed by atoms with Crippen LogP contribution in [0.3, 0.4) is 0 Å². The molecule has 7 heteroatoms. The molecule has 0 saturated heterocycles. The monoisotopic (exact) mass is 295 g/mol. The Balaban J connectivity index is 0.00000200. The lowest BCUT2D eigenvalue weighted by Crippen LogP contribution is -2.48. The fourth-order valence-electron chi connectivity index (χ4n) is 1.50. The second-order valence-corrected chi connectivity index (χ2v) is 4.93. The summed E-state index contributed by atoms with van der Waals surface area (Å²) in [4.78, 5) is 12.0. The summed E-state index contributed by atoms with van der Waals surface area (Å²) in [6.07, 6.45) is 1.59. The molecule has 20 heavy (non-hydrogen) atoms. The second kappa shape index (κ2) is 6.49. The number of nitrogens with two attached hydrogens (primary N) is 1. The third-order valence-electron chi connectivity index (χ3n) is 2.71. The largest absolute Gasteiger partial charge is 0.344 e. The first-order valence-electron chi connectivity index (χ1n) is 6.02. The first-order valence-corrected chi connectivity index (χ1v) is 6.02. The van der Waals surface area contributed by atoms with Crippen LogP contribution in [0.1, 0.15) is 24.3 Å². The summed E-state index contributed by atoms with van der Waals surface area (Å²) in [7, 11) is 0. The predicted molar refractivity (Wildman–Crippen MR) is 79.2 cm³/mol. The lowest BCUT2D eigenvalue weighted by molar-refractivity contribution is 0.0910. The van der Waals surface area contributed by atoms with E-state index in [0.717, 1.165) is 5.69 Å². The minimum atomic E-state index is -0.465. The van der Waals surface area contributed by atoms with Gasteiger partial charge in [0.1, 0.15) is 0 Å². The van der Waals surface area contributed by atoms with Crippen LogP contribution in [0.2, 0.25) is 0 Å². The van der Waals surface area contributed by atoms with Crippen molar-refractivity contribution < 1.29 is 4.79 Å². The maximum absolute atomic E-state index is 12.0. The lowest BCUT2D eigenvalue weighted by atomic mass is 10.1. The number of nitrogens with zero attached hydrogens (tertiary/aromatic N) is 3. The molecule has 0 atom stereocenters. The van der Waals surface area contributed by atoms with Crippen LogP contribution in [0.25, 0.3) is 5.69 Å². The Morgan fingerprint density at radius 1 is 1.35 bits per heavy atom. The van der Waals surface area contributed by atoms with Crippen molar-refractivity contribution in [3.63, 3.8) is 0 Å². The zero-order chi connectivity index (χ0) is 13.9. The van der Waals surface area contributed by atoms with E-state index in [9.17, 15) is 4.79 Å². The smallest absolute Gasteiger partial charge is 0.273 e. The average molecular weight is 296 g/mol. The van der Waals surface area contributed by atoms with Gasteiger partial charge in [0.15, 0.2) is 5.69 Å². The van der Waals surface area contributed by atoms with Gasteiger partial charge < -0.3 is 11.1 Å². The molecule has 3 N–H and O–H groups in total. The number of aromatic nitrogens is 3. The molecule has 0 spiro atoms. The van der Waals surface area contributed by atoms with Gasteiger partial charge in [-0.2, -0.15) is 0 Å². The minimum absolute atomic E-state index is 0. The second-order valence-electron chi connectivity index (χ2n) is 4.93. The quantitative estimate of drug-likeness (QED) is 0.886. The predicted octanol–water partition coefficient (Wildman–Crippen LogP) is 1.16. The molecular weight excluding hydrogens is 278 g/mol. The van der Waals surface area contributed by atoms with Gasteiger partial charge in [-0.25, -0.2) is 4.68 Å². The molecule has 108 valence electrons. The molecule has 1 aromatic heterocycles. The van der Waals surface area contributed by atoms with Crippen molar-refractivity contribution in [2.24, 2.45) is 5.73 Å². The highest BCUT2D eigenvalue weighted by molar-refractivity contribution is 5.92. The van der Waals surface area contributed by atoms with Crippen LogP contribution in [0.5, 0.6) is 0 Å². The summed E-state index contributed by atoms with van der Waals surface area (Å²) in [5.74, 6) is -0.280. The van der Waals surface area contributed by atoms with Crippen LogP contribution in [-0.4, -0.2) is 33.0 Å². The maximum atomic E-state index is 12.0. The summed E-state index contributed by atoms with van der Waals surface area (Å²) >= 11 is 0. The highest BCUT2D eigenvalue weighted by Crippen LogP contribution is 2.07. The van der Waals surface area contributed by atoms with Gasteiger partial charge in [0, 0.05) is 12.1 Å². The summed E-state index contributed by atoms with van der Waals surface area (Å²) in [6.45, 7) is 4.06. The molecule has 1 amide bonds. The molecule has 1 heterocycles.